The number of hydrogen-bond acceptors (Lipinski definition) is 2. The normalized spacial score (nSPS) is 15.6. The van der Waals surface area contributed by atoms with Crippen molar-refractivity contribution >= 4 is 11.6 Å². The summed E-state index contributed by atoms with van der Waals surface area (Å²) in [7, 11) is 0. The molecule has 0 saturated carbocycles. The second-order valence-corrected chi connectivity index (χ2v) is 7.23. The number of carbonyl (C=O) groups is 1. The van der Waals surface area contributed by atoms with E-state index in [1.165, 1.54) is 11.6 Å². The summed E-state index contributed by atoms with van der Waals surface area (Å²) in [5.41, 5.74) is 4.77. The van der Waals surface area contributed by atoms with E-state index in [0.29, 0.717) is 12.1 Å². The van der Waals surface area contributed by atoms with Gasteiger partial charge in [0.1, 0.15) is 0 Å². The lowest BCUT2D eigenvalue weighted by atomic mass is 10.1. The van der Waals surface area contributed by atoms with Crippen LogP contribution in [0.1, 0.15) is 34.0 Å². The number of amides is 1. The second-order valence-electron chi connectivity index (χ2n) is 7.23. The summed E-state index contributed by atoms with van der Waals surface area (Å²) in [5.74, 6) is -0.0644. The maximum absolute atomic E-state index is 13.2. The third kappa shape index (κ3) is 3.31. The van der Waals surface area contributed by atoms with Gasteiger partial charge in [-0.3, -0.25) is 9.59 Å². The first-order chi connectivity index (χ1) is 13.0. The average molecular weight is 358 g/mol. The Morgan fingerprint density at radius 3 is 2.70 bits per heavy atom. The molecule has 0 N–H and O–H groups in total. The van der Waals surface area contributed by atoms with Crippen molar-refractivity contribution in [1.29, 1.82) is 0 Å². The van der Waals surface area contributed by atoms with E-state index in [2.05, 4.69) is 19.1 Å². The number of fused-ring (bicyclic) bond motifs is 1. The molecule has 0 aliphatic carbocycles. The monoisotopic (exact) mass is 358 g/mol. The fourth-order valence-corrected chi connectivity index (χ4v) is 3.80. The van der Waals surface area contributed by atoms with Crippen molar-refractivity contribution in [3.05, 3.63) is 99.5 Å². The molecule has 3 aromatic rings. The van der Waals surface area contributed by atoms with E-state index < -0.39 is 0 Å². The molecule has 0 spiro atoms. The molecule has 1 aliphatic heterocycles. The average Bonchev–Trinajstić information content (AvgIpc) is 2.98. The number of hydrogen-bond donors (Lipinski definition) is 0. The van der Waals surface area contributed by atoms with E-state index in [1.54, 1.807) is 16.8 Å². The molecule has 0 radical (unpaired) electrons. The predicted octanol–water partition coefficient (Wildman–Crippen LogP) is 3.80. The highest BCUT2D eigenvalue weighted by molar-refractivity contribution is 6.07. The molecule has 0 fully saturated rings. The van der Waals surface area contributed by atoms with Crippen LogP contribution in [0.3, 0.4) is 0 Å². The minimum absolute atomic E-state index is 0.0644. The van der Waals surface area contributed by atoms with Crippen LogP contribution < -0.4 is 10.5 Å². The van der Waals surface area contributed by atoms with Crippen LogP contribution >= 0.6 is 0 Å². The van der Waals surface area contributed by atoms with Gasteiger partial charge >= 0.3 is 0 Å². The molecule has 1 aromatic heterocycles. The smallest absolute Gasteiger partial charge is 0.260 e. The number of benzene rings is 2. The SMILES string of the molecule is Cc1cccc(Cn2cc(C(=O)N3c4ccccc4C[C@@H]3C)ccc2=O)c1. The maximum atomic E-state index is 13.2. The Bertz CT molecular complexity index is 1070. The van der Waals surface area contributed by atoms with Gasteiger partial charge in [0.15, 0.2) is 0 Å². The Morgan fingerprint density at radius 1 is 1.07 bits per heavy atom. The third-order valence-corrected chi connectivity index (χ3v) is 5.09. The highest BCUT2D eigenvalue weighted by Crippen LogP contribution is 2.32. The second kappa shape index (κ2) is 6.88. The van der Waals surface area contributed by atoms with Crippen LogP contribution in [0.5, 0.6) is 0 Å². The van der Waals surface area contributed by atoms with Crippen molar-refractivity contribution in [2.24, 2.45) is 0 Å². The molecule has 0 bridgehead atoms. The number of anilines is 1. The van der Waals surface area contributed by atoms with Crippen molar-refractivity contribution in [3.63, 3.8) is 0 Å². The van der Waals surface area contributed by atoms with Gasteiger partial charge in [-0.2, -0.15) is 0 Å². The van der Waals surface area contributed by atoms with Crippen molar-refractivity contribution in [1.82, 2.24) is 4.57 Å². The van der Waals surface area contributed by atoms with Crippen molar-refractivity contribution in [3.8, 4) is 0 Å². The summed E-state index contributed by atoms with van der Waals surface area (Å²) in [6.07, 6.45) is 2.53. The first-order valence-corrected chi connectivity index (χ1v) is 9.20. The summed E-state index contributed by atoms with van der Waals surface area (Å²) in [5, 5.41) is 0. The molecule has 2 aromatic carbocycles. The molecule has 4 heteroatoms. The van der Waals surface area contributed by atoms with E-state index in [9.17, 15) is 9.59 Å². The Morgan fingerprint density at radius 2 is 1.89 bits per heavy atom. The van der Waals surface area contributed by atoms with E-state index in [1.807, 2.05) is 48.2 Å². The minimum atomic E-state index is -0.108. The summed E-state index contributed by atoms with van der Waals surface area (Å²) in [6, 6.07) is 19.3. The molecule has 27 heavy (non-hydrogen) atoms. The topological polar surface area (TPSA) is 42.3 Å². The van der Waals surface area contributed by atoms with Gasteiger partial charge in [0.2, 0.25) is 0 Å². The molecule has 0 unspecified atom stereocenters. The van der Waals surface area contributed by atoms with Crippen molar-refractivity contribution in [2.75, 3.05) is 4.90 Å². The van der Waals surface area contributed by atoms with Gasteiger partial charge in [-0.25, -0.2) is 0 Å². The van der Waals surface area contributed by atoms with E-state index in [-0.39, 0.29) is 17.5 Å². The molecule has 2 heterocycles. The van der Waals surface area contributed by atoms with Gasteiger partial charge in [-0.1, -0.05) is 48.0 Å². The zero-order valence-electron chi connectivity index (χ0n) is 15.6. The molecule has 136 valence electrons. The zero-order valence-corrected chi connectivity index (χ0v) is 15.6. The lowest BCUT2D eigenvalue weighted by Crippen LogP contribution is -2.36. The number of carbonyl (C=O) groups excluding carboxylic acids is 1. The van der Waals surface area contributed by atoms with Crippen LogP contribution in [0, 0.1) is 6.92 Å². The van der Waals surface area contributed by atoms with Crippen LogP contribution in [0.15, 0.2) is 71.7 Å². The van der Waals surface area contributed by atoms with Gasteiger partial charge in [0, 0.05) is 24.0 Å². The lowest BCUT2D eigenvalue weighted by Gasteiger charge is -2.23. The molecule has 1 aliphatic rings. The van der Waals surface area contributed by atoms with Crippen LogP contribution in [-0.2, 0) is 13.0 Å². The third-order valence-electron chi connectivity index (χ3n) is 5.09. The fourth-order valence-electron chi connectivity index (χ4n) is 3.80. The molecule has 4 rings (SSSR count). The summed E-state index contributed by atoms with van der Waals surface area (Å²) < 4.78 is 1.61. The molecular weight excluding hydrogens is 336 g/mol. The molecule has 4 nitrogen and oxygen atoms in total. The fraction of sp³-hybridized carbons (Fsp3) is 0.217. The van der Waals surface area contributed by atoms with Gasteiger partial charge in [0.25, 0.3) is 11.5 Å². The number of aromatic nitrogens is 1. The Labute approximate surface area is 158 Å². The van der Waals surface area contributed by atoms with Crippen LogP contribution in [0.4, 0.5) is 5.69 Å². The zero-order chi connectivity index (χ0) is 19.0. The van der Waals surface area contributed by atoms with Gasteiger partial charge < -0.3 is 9.47 Å². The lowest BCUT2D eigenvalue weighted by molar-refractivity contribution is 0.0980. The largest absolute Gasteiger partial charge is 0.310 e. The Hall–Kier alpha value is -3.14. The van der Waals surface area contributed by atoms with Crippen molar-refractivity contribution < 1.29 is 4.79 Å². The van der Waals surface area contributed by atoms with E-state index in [4.69, 9.17) is 0 Å². The van der Waals surface area contributed by atoms with Crippen LogP contribution in [-0.4, -0.2) is 16.5 Å². The van der Waals surface area contributed by atoms with E-state index in [0.717, 1.165) is 23.2 Å². The highest BCUT2D eigenvalue weighted by Gasteiger charge is 2.31. The predicted molar refractivity (Wildman–Crippen MR) is 107 cm³/mol. The highest BCUT2D eigenvalue weighted by atomic mass is 16.2. The van der Waals surface area contributed by atoms with E-state index >= 15 is 0 Å². The van der Waals surface area contributed by atoms with Gasteiger partial charge in [-0.05, 0) is 43.5 Å². The van der Waals surface area contributed by atoms with Crippen LogP contribution in [0.25, 0.3) is 0 Å². The Kier molecular flexibility index (Phi) is 4.40. The first kappa shape index (κ1) is 17.3. The molecule has 0 saturated heterocycles. The Balaban J connectivity index is 1.67. The quantitative estimate of drug-likeness (QED) is 0.715. The standard InChI is InChI=1S/C23H22N2O2/c1-16-6-5-7-18(12-16)14-24-15-20(10-11-22(24)26)23(27)25-17(2)13-19-8-3-4-9-21(19)25/h3-12,15,17H,13-14H2,1-2H3/t17-/m0/s1. The molecule has 1 atom stereocenters. The number of pyridine rings is 1. The molecule has 1 amide bonds. The summed E-state index contributed by atoms with van der Waals surface area (Å²) in [4.78, 5) is 27.3. The van der Waals surface area contributed by atoms with Crippen molar-refractivity contribution in [2.45, 2.75) is 32.9 Å². The molecular formula is C23H22N2O2. The number of rotatable bonds is 3. The summed E-state index contributed by atoms with van der Waals surface area (Å²) >= 11 is 0. The van der Waals surface area contributed by atoms with Gasteiger partial charge in [0.05, 0.1) is 12.1 Å². The van der Waals surface area contributed by atoms with Crippen LogP contribution in [0.2, 0.25) is 0 Å². The summed E-state index contributed by atoms with van der Waals surface area (Å²) in [6.45, 7) is 4.53. The number of aryl methyl sites for hydroxylation is 1. The van der Waals surface area contributed by atoms with Gasteiger partial charge in [-0.15, -0.1) is 0 Å². The maximum Gasteiger partial charge on any atom is 0.260 e. The minimum Gasteiger partial charge on any atom is -0.310 e. The number of para-hydroxylation sites is 1. The number of nitrogens with zero attached hydrogens (tertiary/aromatic N) is 2. The first-order valence-electron chi connectivity index (χ1n) is 9.20.